The van der Waals surface area contributed by atoms with Gasteiger partial charge in [-0.15, -0.1) is 0 Å². The normalized spacial score (nSPS) is 10.3. The van der Waals surface area contributed by atoms with Gasteiger partial charge in [0.05, 0.1) is 23.9 Å². The highest BCUT2D eigenvalue weighted by Crippen LogP contribution is 2.23. The van der Waals surface area contributed by atoms with E-state index in [0.717, 1.165) is 5.69 Å². The summed E-state index contributed by atoms with van der Waals surface area (Å²) in [5.74, 6) is 1.31. The average molecular weight is 320 g/mol. The first-order valence-electron chi connectivity index (χ1n) is 7.07. The molecule has 0 fully saturated rings. The molecule has 1 aromatic heterocycles. The molecule has 0 unspecified atom stereocenters. The number of nitrogens with zero attached hydrogens (tertiary/aromatic N) is 2. The molecule has 0 atom stereocenters. The first-order chi connectivity index (χ1) is 10.6. The minimum Gasteiger partial charge on any atom is -0.492 e. The molecule has 0 radical (unpaired) electrons. The number of hydrogen-bond acceptors (Lipinski definition) is 4. The molecule has 116 valence electrons. The SMILES string of the molecule is Cc1nccc(CNC(=O)CCCOc2ccccc2Cl)n1. The lowest BCUT2D eigenvalue weighted by Crippen LogP contribution is -2.23. The largest absolute Gasteiger partial charge is 0.492 e. The molecular formula is C16H18ClN3O2. The molecule has 0 spiro atoms. The third kappa shape index (κ3) is 5.33. The van der Waals surface area contributed by atoms with E-state index in [2.05, 4.69) is 15.3 Å². The van der Waals surface area contributed by atoms with Crippen LogP contribution in [-0.2, 0) is 11.3 Å². The molecule has 1 heterocycles. The summed E-state index contributed by atoms with van der Waals surface area (Å²) in [6.45, 7) is 2.68. The van der Waals surface area contributed by atoms with Crippen LogP contribution in [-0.4, -0.2) is 22.5 Å². The minimum atomic E-state index is -0.0287. The van der Waals surface area contributed by atoms with Crippen LogP contribution in [0.15, 0.2) is 36.5 Å². The molecule has 5 nitrogen and oxygen atoms in total. The van der Waals surface area contributed by atoms with E-state index in [1.807, 2.05) is 19.1 Å². The summed E-state index contributed by atoms with van der Waals surface area (Å²) in [6.07, 6.45) is 2.70. The highest BCUT2D eigenvalue weighted by Gasteiger charge is 2.04. The first-order valence-corrected chi connectivity index (χ1v) is 7.45. The van der Waals surface area contributed by atoms with Crippen molar-refractivity contribution in [3.8, 4) is 5.75 Å². The van der Waals surface area contributed by atoms with Crippen LogP contribution in [0.1, 0.15) is 24.4 Å². The van der Waals surface area contributed by atoms with Crippen molar-refractivity contribution in [3.63, 3.8) is 0 Å². The van der Waals surface area contributed by atoms with Crippen LogP contribution in [0.2, 0.25) is 5.02 Å². The molecular weight excluding hydrogens is 302 g/mol. The fourth-order valence-corrected chi connectivity index (χ4v) is 2.05. The van der Waals surface area contributed by atoms with Crippen molar-refractivity contribution in [1.29, 1.82) is 0 Å². The third-order valence-electron chi connectivity index (χ3n) is 2.94. The number of para-hydroxylation sites is 1. The maximum atomic E-state index is 11.7. The highest BCUT2D eigenvalue weighted by molar-refractivity contribution is 6.32. The second-order valence-corrected chi connectivity index (χ2v) is 5.16. The topological polar surface area (TPSA) is 64.1 Å². The van der Waals surface area contributed by atoms with Crippen LogP contribution in [0, 0.1) is 6.92 Å². The molecule has 6 heteroatoms. The van der Waals surface area contributed by atoms with Gasteiger partial charge < -0.3 is 10.1 Å². The Hall–Kier alpha value is -2.14. The Labute approximate surface area is 134 Å². The number of ether oxygens (including phenoxy) is 1. The highest BCUT2D eigenvalue weighted by atomic mass is 35.5. The van der Waals surface area contributed by atoms with Gasteiger partial charge in [-0.2, -0.15) is 0 Å². The first kappa shape index (κ1) is 16.2. The Morgan fingerprint density at radius 3 is 2.91 bits per heavy atom. The van der Waals surface area contributed by atoms with Crippen molar-refractivity contribution in [2.75, 3.05) is 6.61 Å². The van der Waals surface area contributed by atoms with Gasteiger partial charge in [-0.25, -0.2) is 9.97 Å². The van der Waals surface area contributed by atoms with Gasteiger partial charge in [0.1, 0.15) is 11.6 Å². The van der Waals surface area contributed by atoms with E-state index >= 15 is 0 Å². The van der Waals surface area contributed by atoms with E-state index in [9.17, 15) is 4.79 Å². The number of carbonyl (C=O) groups excluding carboxylic acids is 1. The van der Waals surface area contributed by atoms with Crippen LogP contribution in [0.4, 0.5) is 0 Å². The molecule has 0 saturated carbocycles. The fraction of sp³-hybridized carbons (Fsp3) is 0.312. The lowest BCUT2D eigenvalue weighted by molar-refractivity contribution is -0.121. The summed E-state index contributed by atoms with van der Waals surface area (Å²) < 4.78 is 5.53. The predicted octanol–water partition coefficient (Wildman–Crippen LogP) is 2.91. The van der Waals surface area contributed by atoms with Gasteiger partial charge in [0.2, 0.25) is 5.91 Å². The molecule has 0 bridgehead atoms. The molecule has 1 amide bonds. The molecule has 1 N–H and O–H groups in total. The monoisotopic (exact) mass is 319 g/mol. The Balaban J connectivity index is 1.65. The fourth-order valence-electron chi connectivity index (χ4n) is 1.86. The van der Waals surface area contributed by atoms with Gasteiger partial charge in [-0.1, -0.05) is 23.7 Å². The zero-order valence-corrected chi connectivity index (χ0v) is 13.1. The minimum absolute atomic E-state index is 0.0287. The number of amides is 1. The second-order valence-electron chi connectivity index (χ2n) is 4.75. The van der Waals surface area contributed by atoms with E-state index in [1.165, 1.54) is 0 Å². The molecule has 0 saturated heterocycles. The molecule has 0 aliphatic carbocycles. The van der Waals surface area contributed by atoms with Crippen molar-refractivity contribution < 1.29 is 9.53 Å². The van der Waals surface area contributed by atoms with Crippen molar-refractivity contribution in [3.05, 3.63) is 53.1 Å². The van der Waals surface area contributed by atoms with Crippen molar-refractivity contribution >= 4 is 17.5 Å². The number of nitrogens with one attached hydrogen (secondary N) is 1. The van der Waals surface area contributed by atoms with Crippen LogP contribution in [0.5, 0.6) is 5.75 Å². The Morgan fingerprint density at radius 1 is 1.32 bits per heavy atom. The van der Waals surface area contributed by atoms with Gasteiger partial charge in [-0.05, 0) is 31.5 Å². The molecule has 22 heavy (non-hydrogen) atoms. The number of aryl methyl sites for hydroxylation is 1. The lowest BCUT2D eigenvalue weighted by Gasteiger charge is -2.08. The van der Waals surface area contributed by atoms with Crippen LogP contribution in [0.3, 0.4) is 0 Å². The van der Waals surface area contributed by atoms with E-state index < -0.39 is 0 Å². The second kappa shape index (κ2) is 8.34. The summed E-state index contributed by atoms with van der Waals surface area (Å²) in [5.41, 5.74) is 0.799. The zero-order valence-electron chi connectivity index (χ0n) is 12.4. The van der Waals surface area contributed by atoms with E-state index in [0.29, 0.717) is 42.6 Å². The number of benzene rings is 1. The summed E-state index contributed by atoms with van der Waals surface area (Å²) in [7, 11) is 0. The summed E-state index contributed by atoms with van der Waals surface area (Å²) >= 11 is 5.98. The average Bonchev–Trinajstić information content (AvgIpc) is 2.51. The number of rotatable bonds is 7. The van der Waals surface area contributed by atoms with Gasteiger partial charge in [0.25, 0.3) is 0 Å². The van der Waals surface area contributed by atoms with Gasteiger partial charge >= 0.3 is 0 Å². The van der Waals surface area contributed by atoms with Gasteiger partial charge in [0.15, 0.2) is 0 Å². The maximum absolute atomic E-state index is 11.7. The molecule has 0 aliphatic heterocycles. The van der Waals surface area contributed by atoms with Gasteiger partial charge in [-0.3, -0.25) is 4.79 Å². The number of halogens is 1. The molecule has 2 rings (SSSR count). The summed E-state index contributed by atoms with van der Waals surface area (Å²) in [4.78, 5) is 20.0. The Kier molecular flexibility index (Phi) is 6.15. The number of carbonyl (C=O) groups is 1. The van der Waals surface area contributed by atoms with Gasteiger partial charge in [0, 0.05) is 12.6 Å². The lowest BCUT2D eigenvalue weighted by atomic mass is 10.3. The summed E-state index contributed by atoms with van der Waals surface area (Å²) in [5, 5.41) is 3.40. The zero-order chi connectivity index (χ0) is 15.8. The summed E-state index contributed by atoms with van der Waals surface area (Å²) in [6, 6.07) is 9.07. The molecule has 1 aromatic carbocycles. The number of aromatic nitrogens is 2. The molecule has 2 aromatic rings. The van der Waals surface area contributed by atoms with E-state index in [4.69, 9.17) is 16.3 Å². The van der Waals surface area contributed by atoms with Crippen LogP contribution in [0.25, 0.3) is 0 Å². The van der Waals surface area contributed by atoms with Crippen molar-refractivity contribution in [2.24, 2.45) is 0 Å². The smallest absolute Gasteiger partial charge is 0.220 e. The van der Waals surface area contributed by atoms with Crippen LogP contribution >= 0.6 is 11.6 Å². The molecule has 0 aliphatic rings. The standard InChI is InChI=1S/C16H18ClN3O2/c1-12-18-9-8-13(20-12)11-19-16(21)7-4-10-22-15-6-3-2-5-14(15)17/h2-3,5-6,8-9H,4,7,10-11H2,1H3,(H,19,21). The Bertz CT molecular complexity index is 634. The third-order valence-corrected chi connectivity index (χ3v) is 3.26. The van der Waals surface area contributed by atoms with Crippen molar-refractivity contribution in [1.82, 2.24) is 15.3 Å². The van der Waals surface area contributed by atoms with E-state index in [1.54, 1.807) is 24.4 Å². The quantitative estimate of drug-likeness (QED) is 0.797. The Morgan fingerprint density at radius 2 is 2.14 bits per heavy atom. The van der Waals surface area contributed by atoms with Crippen LogP contribution < -0.4 is 10.1 Å². The van der Waals surface area contributed by atoms with Crippen molar-refractivity contribution in [2.45, 2.75) is 26.3 Å². The predicted molar refractivity (Wildman–Crippen MR) is 84.8 cm³/mol. The van der Waals surface area contributed by atoms with E-state index in [-0.39, 0.29) is 5.91 Å². The maximum Gasteiger partial charge on any atom is 0.220 e. The number of hydrogen-bond donors (Lipinski definition) is 1.